The Labute approximate surface area is 294 Å². The van der Waals surface area contributed by atoms with Crippen LogP contribution in [0.2, 0.25) is 0 Å². The Hall–Kier alpha value is -6.84. The molecule has 11 rings (SSSR count). The zero-order valence-corrected chi connectivity index (χ0v) is 27.6. The molecule has 10 aromatic rings. The standard InChI is InChI=1S/C48H29N3/c1-2-14-36-33(11-1)29-41(38-16-4-3-15-37(36)38)48-47(49-42-19-6-7-20-43(42)50-48)34-24-23-32-28-35(26-25-31(32)27-34)51-44-21-8-5-17-39(44)40-18-9-12-30-13-10-22-45(51)46(30)40/h1-29H. The number of fused-ring (bicyclic) bond motifs is 7. The summed E-state index contributed by atoms with van der Waals surface area (Å²) in [4.78, 5) is 13.0. The highest BCUT2D eigenvalue weighted by Gasteiger charge is 2.26. The number of anilines is 3. The van der Waals surface area contributed by atoms with Crippen molar-refractivity contribution in [1.29, 1.82) is 0 Å². The van der Waals surface area contributed by atoms with E-state index in [9.17, 15) is 0 Å². The molecule has 51 heavy (non-hydrogen) atoms. The van der Waals surface area contributed by atoms with Crippen LogP contribution in [0, 0.1) is 0 Å². The van der Waals surface area contributed by atoms with Crippen molar-refractivity contribution in [3.8, 4) is 33.6 Å². The monoisotopic (exact) mass is 647 g/mol. The zero-order valence-electron chi connectivity index (χ0n) is 27.6. The summed E-state index contributed by atoms with van der Waals surface area (Å²) in [6, 6.07) is 63.2. The fraction of sp³-hybridized carbons (Fsp3) is 0. The lowest BCUT2D eigenvalue weighted by molar-refractivity contribution is 1.29. The Morgan fingerprint density at radius 1 is 0.353 bits per heavy atom. The third kappa shape index (κ3) is 4.25. The summed E-state index contributed by atoms with van der Waals surface area (Å²) in [6.07, 6.45) is 0. The SMILES string of the molecule is c1ccc2c(c1)-c1cccc3cccc(c13)N2c1ccc2cc(-c3nc4ccccc4nc3-c3cc4ccccc4c4ccccc34)ccc2c1. The Morgan fingerprint density at radius 2 is 0.980 bits per heavy atom. The Kier molecular flexibility index (Phi) is 5.96. The van der Waals surface area contributed by atoms with Crippen molar-refractivity contribution in [2.24, 2.45) is 0 Å². The van der Waals surface area contributed by atoms with E-state index in [1.807, 2.05) is 12.1 Å². The average Bonchev–Trinajstić information content (AvgIpc) is 3.20. The van der Waals surface area contributed by atoms with Gasteiger partial charge in [0.1, 0.15) is 0 Å². The maximum Gasteiger partial charge on any atom is 0.0979 e. The summed E-state index contributed by atoms with van der Waals surface area (Å²) < 4.78 is 0. The molecular formula is C48H29N3. The van der Waals surface area contributed by atoms with Gasteiger partial charge in [-0.1, -0.05) is 127 Å². The van der Waals surface area contributed by atoms with Crippen molar-refractivity contribution in [2.45, 2.75) is 0 Å². The molecule has 0 N–H and O–H groups in total. The van der Waals surface area contributed by atoms with E-state index in [4.69, 9.17) is 9.97 Å². The van der Waals surface area contributed by atoms with Gasteiger partial charge in [0, 0.05) is 27.8 Å². The van der Waals surface area contributed by atoms with Gasteiger partial charge in [-0.15, -0.1) is 0 Å². The molecule has 0 aliphatic carbocycles. The predicted molar refractivity (Wildman–Crippen MR) is 214 cm³/mol. The van der Waals surface area contributed by atoms with Crippen molar-refractivity contribution >= 4 is 71.2 Å². The third-order valence-corrected chi connectivity index (χ3v) is 10.5. The van der Waals surface area contributed by atoms with Crippen LogP contribution in [0.25, 0.3) is 87.8 Å². The molecule has 3 nitrogen and oxygen atoms in total. The molecule has 0 saturated heterocycles. The lowest BCUT2D eigenvalue weighted by atomic mass is 9.90. The van der Waals surface area contributed by atoms with Crippen molar-refractivity contribution in [1.82, 2.24) is 9.97 Å². The molecule has 1 aliphatic heterocycles. The van der Waals surface area contributed by atoms with E-state index in [2.05, 4.69) is 169 Å². The maximum absolute atomic E-state index is 5.32. The van der Waals surface area contributed by atoms with Gasteiger partial charge in [-0.2, -0.15) is 0 Å². The van der Waals surface area contributed by atoms with Crippen molar-refractivity contribution < 1.29 is 0 Å². The lowest BCUT2D eigenvalue weighted by Gasteiger charge is -2.33. The van der Waals surface area contributed by atoms with Gasteiger partial charge in [-0.05, 0) is 91.8 Å². The molecule has 3 heteroatoms. The first-order valence-corrected chi connectivity index (χ1v) is 17.4. The Morgan fingerprint density at radius 3 is 1.86 bits per heavy atom. The molecule has 1 aromatic heterocycles. The molecule has 0 atom stereocenters. The van der Waals surface area contributed by atoms with Gasteiger partial charge in [0.15, 0.2) is 0 Å². The van der Waals surface area contributed by atoms with E-state index < -0.39 is 0 Å². The average molecular weight is 648 g/mol. The number of rotatable bonds is 3. The number of aromatic nitrogens is 2. The van der Waals surface area contributed by atoms with E-state index in [1.54, 1.807) is 0 Å². The van der Waals surface area contributed by atoms with E-state index >= 15 is 0 Å². The van der Waals surface area contributed by atoms with E-state index in [-0.39, 0.29) is 0 Å². The topological polar surface area (TPSA) is 29.0 Å². The second kappa shape index (κ2) is 10.8. The minimum absolute atomic E-state index is 0.883. The number of hydrogen-bond donors (Lipinski definition) is 0. The Bertz CT molecular complexity index is 3050. The normalized spacial score (nSPS) is 12.3. The van der Waals surface area contributed by atoms with Crippen LogP contribution in [0.3, 0.4) is 0 Å². The largest absolute Gasteiger partial charge is 0.309 e. The van der Waals surface area contributed by atoms with Gasteiger partial charge in [-0.25, -0.2) is 9.97 Å². The predicted octanol–water partition coefficient (Wildman–Crippen LogP) is 13.0. The van der Waals surface area contributed by atoms with Crippen LogP contribution in [0.1, 0.15) is 0 Å². The van der Waals surface area contributed by atoms with Crippen LogP contribution < -0.4 is 4.90 Å². The first-order chi connectivity index (χ1) is 25.3. The van der Waals surface area contributed by atoms with Crippen LogP contribution in [-0.2, 0) is 0 Å². The molecule has 0 amide bonds. The maximum atomic E-state index is 5.32. The third-order valence-electron chi connectivity index (χ3n) is 10.5. The molecule has 0 saturated carbocycles. The summed E-state index contributed by atoms with van der Waals surface area (Å²) in [5.41, 5.74) is 11.7. The van der Waals surface area contributed by atoms with E-state index in [1.165, 1.54) is 60.2 Å². The van der Waals surface area contributed by atoms with Crippen LogP contribution in [0.4, 0.5) is 17.1 Å². The Balaban J connectivity index is 1.10. The fourth-order valence-electron chi connectivity index (χ4n) is 8.20. The van der Waals surface area contributed by atoms with Gasteiger partial charge in [0.05, 0.1) is 33.8 Å². The highest BCUT2D eigenvalue weighted by Crippen LogP contribution is 2.51. The molecule has 2 heterocycles. The zero-order chi connectivity index (χ0) is 33.5. The molecule has 0 radical (unpaired) electrons. The second-order valence-corrected chi connectivity index (χ2v) is 13.4. The van der Waals surface area contributed by atoms with Gasteiger partial charge >= 0.3 is 0 Å². The molecule has 236 valence electrons. The molecule has 0 fully saturated rings. The number of hydrogen-bond acceptors (Lipinski definition) is 3. The second-order valence-electron chi connectivity index (χ2n) is 13.4. The highest BCUT2D eigenvalue weighted by atomic mass is 15.2. The molecule has 0 spiro atoms. The van der Waals surface area contributed by atoms with Crippen LogP contribution in [-0.4, -0.2) is 9.97 Å². The molecule has 1 aliphatic rings. The van der Waals surface area contributed by atoms with Gasteiger partial charge in [-0.3, -0.25) is 0 Å². The van der Waals surface area contributed by atoms with Crippen LogP contribution >= 0.6 is 0 Å². The van der Waals surface area contributed by atoms with Gasteiger partial charge in [0.25, 0.3) is 0 Å². The van der Waals surface area contributed by atoms with E-state index in [0.717, 1.165) is 44.6 Å². The highest BCUT2D eigenvalue weighted by molar-refractivity contribution is 6.16. The first kappa shape index (κ1) is 28.0. The summed E-state index contributed by atoms with van der Waals surface area (Å²) >= 11 is 0. The summed E-state index contributed by atoms with van der Waals surface area (Å²) in [5.74, 6) is 0. The number of nitrogens with zero attached hydrogens (tertiary/aromatic N) is 3. The smallest absolute Gasteiger partial charge is 0.0979 e. The summed E-state index contributed by atoms with van der Waals surface area (Å²) in [5, 5.41) is 9.69. The lowest BCUT2D eigenvalue weighted by Crippen LogP contribution is -2.14. The molecule has 0 bridgehead atoms. The van der Waals surface area contributed by atoms with Gasteiger partial charge in [0.2, 0.25) is 0 Å². The molecular weight excluding hydrogens is 619 g/mol. The minimum Gasteiger partial charge on any atom is -0.309 e. The summed E-state index contributed by atoms with van der Waals surface area (Å²) in [7, 11) is 0. The van der Waals surface area contributed by atoms with Gasteiger partial charge < -0.3 is 4.90 Å². The first-order valence-electron chi connectivity index (χ1n) is 17.4. The van der Waals surface area contributed by atoms with Crippen molar-refractivity contribution in [2.75, 3.05) is 4.90 Å². The molecule has 9 aromatic carbocycles. The van der Waals surface area contributed by atoms with Crippen molar-refractivity contribution in [3.05, 3.63) is 176 Å². The van der Waals surface area contributed by atoms with Crippen molar-refractivity contribution in [3.63, 3.8) is 0 Å². The number of benzene rings is 9. The quantitative estimate of drug-likeness (QED) is 0.179. The van der Waals surface area contributed by atoms with Crippen LogP contribution in [0.15, 0.2) is 176 Å². The molecule has 0 unspecified atom stereocenters. The van der Waals surface area contributed by atoms with E-state index in [0.29, 0.717) is 0 Å². The fourth-order valence-corrected chi connectivity index (χ4v) is 8.20. The minimum atomic E-state index is 0.883. The van der Waals surface area contributed by atoms with Crippen LogP contribution in [0.5, 0.6) is 0 Å². The number of para-hydroxylation sites is 3. The summed E-state index contributed by atoms with van der Waals surface area (Å²) in [6.45, 7) is 0.